The Labute approximate surface area is 118 Å². The van der Waals surface area contributed by atoms with Crippen molar-refractivity contribution < 1.29 is 24.1 Å². The highest BCUT2D eigenvalue weighted by Gasteiger charge is 2.22. The molecule has 1 unspecified atom stereocenters. The van der Waals surface area contributed by atoms with Gasteiger partial charge >= 0.3 is 5.97 Å². The van der Waals surface area contributed by atoms with Crippen molar-refractivity contribution in [2.45, 2.75) is 20.0 Å². The van der Waals surface area contributed by atoms with E-state index >= 15 is 0 Å². The molecule has 0 aliphatic rings. The van der Waals surface area contributed by atoms with Gasteiger partial charge in [0.2, 0.25) is 0 Å². The summed E-state index contributed by atoms with van der Waals surface area (Å²) in [5, 5.41) is 10.3. The van der Waals surface area contributed by atoms with Gasteiger partial charge in [0.05, 0.1) is 26.4 Å². The summed E-state index contributed by atoms with van der Waals surface area (Å²) in [5.74, 6) is 0.516. The molecule has 0 bridgehead atoms. The normalized spacial score (nSPS) is 12.8. The van der Waals surface area contributed by atoms with E-state index in [1.54, 1.807) is 38.1 Å². The van der Waals surface area contributed by atoms with Gasteiger partial charge < -0.3 is 19.3 Å². The van der Waals surface area contributed by atoms with Gasteiger partial charge in [-0.1, -0.05) is 12.1 Å². The topological polar surface area (TPSA) is 65.0 Å². The molecule has 0 aromatic heterocycles. The van der Waals surface area contributed by atoms with Crippen molar-refractivity contribution in [2.75, 3.05) is 20.8 Å². The molecule has 1 N–H and O–H groups in total. The van der Waals surface area contributed by atoms with E-state index in [-0.39, 0.29) is 12.2 Å². The fraction of sp³-hybridized carbons (Fsp3) is 0.400. The number of benzene rings is 1. The van der Waals surface area contributed by atoms with Gasteiger partial charge in [-0.05, 0) is 31.5 Å². The average Bonchev–Trinajstić information content (AvgIpc) is 2.47. The summed E-state index contributed by atoms with van der Waals surface area (Å²) >= 11 is 0. The zero-order valence-electron chi connectivity index (χ0n) is 12.2. The van der Waals surface area contributed by atoms with E-state index in [1.807, 2.05) is 0 Å². The lowest BCUT2D eigenvalue weighted by molar-refractivity contribution is -0.139. The molecule has 5 heteroatoms. The highest BCUT2D eigenvalue weighted by Crippen LogP contribution is 2.32. The smallest absolute Gasteiger partial charge is 0.336 e. The fourth-order valence-electron chi connectivity index (χ4n) is 1.80. The van der Waals surface area contributed by atoms with E-state index in [9.17, 15) is 9.90 Å². The van der Waals surface area contributed by atoms with Crippen molar-refractivity contribution in [2.24, 2.45) is 0 Å². The van der Waals surface area contributed by atoms with Crippen LogP contribution in [0, 0.1) is 0 Å². The second-order valence-electron chi connectivity index (χ2n) is 3.98. The number of hydrogen-bond acceptors (Lipinski definition) is 5. The molecule has 0 aliphatic carbocycles. The van der Waals surface area contributed by atoms with E-state index in [4.69, 9.17) is 14.2 Å². The first-order valence-corrected chi connectivity index (χ1v) is 6.32. The van der Waals surface area contributed by atoms with Crippen molar-refractivity contribution in [1.82, 2.24) is 0 Å². The Morgan fingerprint density at radius 1 is 1.30 bits per heavy atom. The van der Waals surface area contributed by atoms with Gasteiger partial charge in [0.1, 0.15) is 6.10 Å². The Balaban J connectivity index is 3.07. The molecule has 1 aromatic rings. The third-order valence-electron chi connectivity index (χ3n) is 2.84. The number of aliphatic hydroxyl groups is 1. The van der Waals surface area contributed by atoms with Crippen molar-refractivity contribution >= 4 is 5.97 Å². The van der Waals surface area contributed by atoms with Crippen LogP contribution in [0.2, 0.25) is 0 Å². The van der Waals surface area contributed by atoms with Crippen LogP contribution in [-0.4, -0.2) is 31.9 Å². The van der Waals surface area contributed by atoms with Crippen LogP contribution in [0.15, 0.2) is 29.8 Å². The van der Waals surface area contributed by atoms with Crippen LogP contribution in [0.3, 0.4) is 0 Å². The number of rotatable bonds is 6. The Kier molecular flexibility index (Phi) is 6.06. The molecule has 0 aliphatic heterocycles. The van der Waals surface area contributed by atoms with Crippen molar-refractivity contribution in [3.05, 3.63) is 35.4 Å². The monoisotopic (exact) mass is 280 g/mol. The highest BCUT2D eigenvalue weighted by atomic mass is 16.5. The van der Waals surface area contributed by atoms with E-state index in [2.05, 4.69) is 0 Å². The second kappa shape index (κ2) is 7.55. The van der Waals surface area contributed by atoms with Gasteiger partial charge in [0, 0.05) is 0 Å². The number of allylic oxidation sites excluding steroid dienone is 1. The van der Waals surface area contributed by atoms with Crippen molar-refractivity contribution in [1.29, 1.82) is 0 Å². The fourth-order valence-corrected chi connectivity index (χ4v) is 1.80. The van der Waals surface area contributed by atoms with E-state index < -0.39 is 12.1 Å². The predicted octanol–water partition coefficient (Wildman–Crippen LogP) is 2.25. The van der Waals surface area contributed by atoms with Gasteiger partial charge in [-0.2, -0.15) is 0 Å². The van der Waals surface area contributed by atoms with Crippen LogP contribution < -0.4 is 9.47 Å². The molecular formula is C15H20O5. The van der Waals surface area contributed by atoms with Crippen LogP contribution in [0.5, 0.6) is 11.5 Å². The van der Waals surface area contributed by atoms with Crippen LogP contribution >= 0.6 is 0 Å². The minimum Gasteiger partial charge on any atom is -0.493 e. The summed E-state index contributed by atoms with van der Waals surface area (Å²) in [5.41, 5.74) is 0.725. The van der Waals surface area contributed by atoms with Crippen LogP contribution in [0.4, 0.5) is 0 Å². The number of methoxy groups -OCH3 is 2. The van der Waals surface area contributed by atoms with Crippen LogP contribution in [-0.2, 0) is 9.53 Å². The quantitative estimate of drug-likeness (QED) is 0.639. The molecule has 0 radical (unpaired) electrons. The minimum atomic E-state index is -1.07. The molecule has 0 fully saturated rings. The van der Waals surface area contributed by atoms with Crippen molar-refractivity contribution in [3.63, 3.8) is 0 Å². The number of aliphatic hydroxyl groups excluding tert-OH is 1. The Morgan fingerprint density at radius 2 is 1.95 bits per heavy atom. The molecule has 110 valence electrons. The Bertz CT molecular complexity index is 493. The molecule has 0 spiro atoms. The average molecular weight is 280 g/mol. The molecular weight excluding hydrogens is 260 g/mol. The summed E-state index contributed by atoms with van der Waals surface area (Å²) in [6, 6.07) is 4.98. The zero-order chi connectivity index (χ0) is 15.1. The molecule has 0 heterocycles. The van der Waals surface area contributed by atoms with Gasteiger partial charge in [-0.3, -0.25) is 0 Å². The third-order valence-corrected chi connectivity index (χ3v) is 2.84. The maximum absolute atomic E-state index is 11.8. The van der Waals surface area contributed by atoms with Crippen LogP contribution in [0.1, 0.15) is 25.5 Å². The summed E-state index contributed by atoms with van der Waals surface area (Å²) in [6.45, 7) is 3.65. The first kappa shape index (κ1) is 16.0. The van der Waals surface area contributed by atoms with E-state index in [0.29, 0.717) is 17.1 Å². The number of ether oxygens (including phenoxy) is 3. The SMILES string of the molecule is C/C=C(/C(=O)OCC)C(O)c1ccc(OC)c(OC)c1. The lowest BCUT2D eigenvalue weighted by Crippen LogP contribution is -2.14. The molecule has 1 aromatic carbocycles. The van der Waals surface area contributed by atoms with Gasteiger partial charge in [0.25, 0.3) is 0 Å². The molecule has 0 saturated carbocycles. The lowest BCUT2D eigenvalue weighted by Gasteiger charge is -2.16. The maximum Gasteiger partial charge on any atom is 0.336 e. The summed E-state index contributed by atoms with van der Waals surface area (Å²) in [7, 11) is 3.04. The Morgan fingerprint density at radius 3 is 2.45 bits per heavy atom. The maximum atomic E-state index is 11.8. The predicted molar refractivity (Wildman–Crippen MR) is 74.9 cm³/mol. The third kappa shape index (κ3) is 3.51. The summed E-state index contributed by atoms with van der Waals surface area (Å²) < 4.78 is 15.2. The number of esters is 1. The molecule has 1 rings (SSSR count). The van der Waals surface area contributed by atoms with Gasteiger partial charge in [-0.25, -0.2) is 4.79 Å². The standard InChI is InChI=1S/C15H20O5/c1-5-11(15(17)20-6-2)14(16)10-7-8-12(18-3)13(9-10)19-4/h5,7-9,14,16H,6H2,1-4H3/b11-5+. The largest absolute Gasteiger partial charge is 0.493 e. The number of hydrogen-bond donors (Lipinski definition) is 1. The second-order valence-corrected chi connectivity index (χ2v) is 3.98. The van der Waals surface area contributed by atoms with Crippen LogP contribution in [0.25, 0.3) is 0 Å². The summed E-state index contributed by atoms with van der Waals surface area (Å²) in [6.07, 6.45) is 0.471. The molecule has 20 heavy (non-hydrogen) atoms. The Hall–Kier alpha value is -2.01. The molecule has 0 amide bonds. The first-order chi connectivity index (χ1) is 9.58. The minimum absolute atomic E-state index is 0.194. The lowest BCUT2D eigenvalue weighted by atomic mass is 10.0. The van der Waals surface area contributed by atoms with Crippen molar-refractivity contribution in [3.8, 4) is 11.5 Å². The molecule has 0 saturated heterocycles. The molecule has 5 nitrogen and oxygen atoms in total. The van der Waals surface area contributed by atoms with Gasteiger partial charge in [0.15, 0.2) is 11.5 Å². The number of carbonyl (C=O) groups excluding carboxylic acids is 1. The molecule has 1 atom stereocenters. The van der Waals surface area contributed by atoms with Gasteiger partial charge in [-0.15, -0.1) is 0 Å². The van der Waals surface area contributed by atoms with E-state index in [1.165, 1.54) is 14.2 Å². The first-order valence-electron chi connectivity index (χ1n) is 6.32. The number of carbonyl (C=O) groups is 1. The summed E-state index contributed by atoms with van der Waals surface area (Å²) in [4.78, 5) is 11.8. The zero-order valence-corrected chi connectivity index (χ0v) is 12.2. The van der Waals surface area contributed by atoms with E-state index in [0.717, 1.165) is 0 Å². The highest BCUT2D eigenvalue weighted by molar-refractivity contribution is 5.89.